The van der Waals surface area contributed by atoms with Gasteiger partial charge in [0, 0.05) is 6.04 Å². The second kappa shape index (κ2) is 7.35. The van der Waals surface area contributed by atoms with Crippen LogP contribution < -0.4 is 10.1 Å². The first kappa shape index (κ1) is 17.8. The molecule has 0 bridgehead atoms. The fraction of sp³-hybridized carbons (Fsp3) is 0.333. The van der Waals surface area contributed by atoms with E-state index < -0.39 is 23.7 Å². The number of hydrogen-bond donors (Lipinski definition) is 3. The number of halogens is 3. The number of amides is 1. The summed E-state index contributed by atoms with van der Waals surface area (Å²) in [6.07, 6.45) is -4.44. The molecule has 1 atom stereocenters. The number of H-pyrrole nitrogens is 1. The number of ether oxygens (including phenoxy) is 1. The molecule has 3 N–H and O–H groups in total. The largest absolute Gasteiger partial charge is 0.487 e. The summed E-state index contributed by atoms with van der Waals surface area (Å²) in [5.74, 6) is -0.419. The van der Waals surface area contributed by atoms with Crippen LogP contribution in [0.4, 0.5) is 13.2 Å². The second-order valence-electron chi connectivity index (χ2n) is 5.15. The highest BCUT2D eigenvalue weighted by atomic mass is 19.4. The number of hydrogen-bond acceptors (Lipinski definition) is 4. The molecule has 0 saturated heterocycles. The van der Waals surface area contributed by atoms with Crippen molar-refractivity contribution in [3.8, 4) is 5.75 Å². The number of aromatic nitrogens is 2. The van der Waals surface area contributed by atoms with Crippen molar-refractivity contribution in [1.29, 1.82) is 0 Å². The molecule has 1 aromatic heterocycles. The van der Waals surface area contributed by atoms with Gasteiger partial charge in [-0.2, -0.15) is 18.3 Å². The molecular formula is C15H16F3N3O3. The molecule has 2 rings (SSSR count). The summed E-state index contributed by atoms with van der Waals surface area (Å²) >= 11 is 0. The first-order valence-electron chi connectivity index (χ1n) is 7.05. The van der Waals surface area contributed by atoms with Crippen LogP contribution in [0.1, 0.15) is 28.7 Å². The van der Waals surface area contributed by atoms with E-state index in [2.05, 4.69) is 15.5 Å². The number of carbonyl (C=O) groups is 1. The Bertz CT molecular complexity index is 701. The van der Waals surface area contributed by atoms with Crippen LogP contribution in [0, 0.1) is 0 Å². The van der Waals surface area contributed by atoms with Crippen LogP contribution in [-0.4, -0.2) is 33.9 Å². The number of carbonyl (C=O) groups excluding carboxylic acids is 1. The van der Waals surface area contributed by atoms with E-state index in [0.29, 0.717) is 5.69 Å². The van der Waals surface area contributed by atoms with Crippen molar-refractivity contribution >= 4 is 5.91 Å². The zero-order chi connectivity index (χ0) is 17.7. The molecule has 2 aromatic rings. The molecule has 0 unspecified atom stereocenters. The third kappa shape index (κ3) is 4.72. The lowest BCUT2D eigenvalue weighted by Gasteiger charge is -2.09. The number of rotatable bonds is 6. The standard InChI is InChI=1S/C15H16F3N3O3/c1-9(7-22)19-14(23)13-6-11(20-21-13)8-24-12-4-2-3-10(5-12)15(16,17)18/h2-6,9,22H,7-8H2,1H3,(H,19,23)(H,20,21)/t9-/m0/s1. The Kier molecular flexibility index (Phi) is 5.45. The summed E-state index contributed by atoms with van der Waals surface area (Å²) in [7, 11) is 0. The summed E-state index contributed by atoms with van der Waals surface area (Å²) in [6.45, 7) is 1.35. The molecule has 0 saturated carbocycles. The Hall–Kier alpha value is -2.55. The van der Waals surface area contributed by atoms with Crippen LogP contribution in [-0.2, 0) is 12.8 Å². The lowest BCUT2D eigenvalue weighted by Crippen LogP contribution is -2.35. The average molecular weight is 343 g/mol. The normalized spacial score (nSPS) is 12.7. The van der Waals surface area contributed by atoms with Crippen LogP contribution in [0.5, 0.6) is 5.75 Å². The van der Waals surface area contributed by atoms with Crippen LogP contribution in [0.2, 0.25) is 0 Å². The van der Waals surface area contributed by atoms with Gasteiger partial charge < -0.3 is 15.2 Å². The molecule has 130 valence electrons. The van der Waals surface area contributed by atoms with Gasteiger partial charge in [0.15, 0.2) is 0 Å². The minimum Gasteiger partial charge on any atom is -0.487 e. The van der Waals surface area contributed by atoms with E-state index in [4.69, 9.17) is 9.84 Å². The van der Waals surface area contributed by atoms with Crippen molar-refractivity contribution in [2.24, 2.45) is 0 Å². The van der Waals surface area contributed by atoms with Gasteiger partial charge in [0.1, 0.15) is 18.1 Å². The number of benzene rings is 1. The molecule has 0 aliphatic rings. The maximum absolute atomic E-state index is 12.6. The van der Waals surface area contributed by atoms with Crippen molar-refractivity contribution in [2.75, 3.05) is 6.61 Å². The van der Waals surface area contributed by atoms with Gasteiger partial charge in [-0.1, -0.05) is 6.07 Å². The third-order valence-electron chi connectivity index (χ3n) is 3.07. The highest BCUT2D eigenvalue weighted by Crippen LogP contribution is 2.31. The maximum atomic E-state index is 12.6. The van der Waals surface area contributed by atoms with E-state index in [9.17, 15) is 18.0 Å². The smallest absolute Gasteiger partial charge is 0.416 e. The minimum atomic E-state index is -4.44. The predicted octanol–water partition coefficient (Wildman–Crippen LogP) is 2.12. The zero-order valence-electron chi connectivity index (χ0n) is 12.7. The molecule has 0 radical (unpaired) electrons. The van der Waals surface area contributed by atoms with Crippen LogP contribution >= 0.6 is 0 Å². The summed E-state index contributed by atoms with van der Waals surface area (Å²) in [5, 5.41) is 17.8. The third-order valence-corrected chi connectivity index (χ3v) is 3.07. The first-order chi connectivity index (χ1) is 11.3. The van der Waals surface area contributed by atoms with Gasteiger partial charge in [-0.15, -0.1) is 0 Å². The molecule has 1 heterocycles. The van der Waals surface area contributed by atoms with Crippen molar-refractivity contribution in [2.45, 2.75) is 25.7 Å². The lowest BCUT2D eigenvalue weighted by molar-refractivity contribution is -0.137. The first-order valence-corrected chi connectivity index (χ1v) is 7.05. The highest BCUT2D eigenvalue weighted by Gasteiger charge is 2.30. The summed E-state index contributed by atoms with van der Waals surface area (Å²) in [6, 6.07) is 5.51. The second-order valence-corrected chi connectivity index (χ2v) is 5.15. The molecule has 0 spiro atoms. The fourth-order valence-corrected chi connectivity index (χ4v) is 1.82. The SMILES string of the molecule is C[C@@H](CO)NC(=O)c1cc(COc2cccc(C(F)(F)F)c2)[nH]n1. The van der Waals surface area contributed by atoms with Gasteiger partial charge >= 0.3 is 6.18 Å². The van der Waals surface area contributed by atoms with Gasteiger partial charge in [-0.05, 0) is 31.2 Å². The van der Waals surface area contributed by atoms with Crippen molar-refractivity contribution in [1.82, 2.24) is 15.5 Å². The van der Waals surface area contributed by atoms with Crippen molar-refractivity contribution in [3.63, 3.8) is 0 Å². The molecule has 1 amide bonds. The Labute approximate surface area is 135 Å². The maximum Gasteiger partial charge on any atom is 0.416 e. The highest BCUT2D eigenvalue weighted by molar-refractivity contribution is 5.92. The number of nitrogens with zero attached hydrogens (tertiary/aromatic N) is 1. The van der Waals surface area contributed by atoms with Crippen molar-refractivity contribution in [3.05, 3.63) is 47.3 Å². The number of aromatic amines is 1. The molecular weight excluding hydrogens is 327 g/mol. The summed E-state index contributed by atoms with van der Waals surface area (Å²) in [5.41, 5.74) is -0.283. The topological polar surface area (TPSA) is 87.2 Å². The van der Waals surface area contributed by atoms with E-state index in [1.807, 2.05) is 0 Å². The van der Waals surface area contributed by atoms with E-state index in [1.165, 1.54) is 18.2 Å². The summed E-state index contributed by atoms with van der Waals surface area (Å²) in [4.78, 5) is 11.8. The molecule has 0 aliphatic carbocycles. The molecule has 9 heteroatoms. The van der Waals surface area contributed by atoms with Gasteiger partial charge in [-0.3, -0.25) is 9.89 Å². The van der Waals surface area contributed by atoms with Gasteiger partial charge in [-0.25, -0.2) is 0 Å². The van der Waals surface area contributed by atoms with Crippen LogP contribution in [0.3, 0.4) is 0 Å². The van der Waals surface area contributed by atoms with E-state index in [-0.39, 0.29) is 24.7 Å². The zero-order valence-corrected chi connectivity index (χ0v) is 12.7. The minimum absolute atomic E-state index is 0.0549. The Morgan fingerprint density at radius 2 is 2.17 bits per heavy atom. The Balaban J connectivity index is 1.97. The number of alkyl halides is 3. The number of aliphatic hydroxyl groups is 1. The van der Waals surface area contributed by atoms with E-state index in [0.717, 1.165) is 12.1 Å². The molecule has 24 heavy (non-hydrogen) atoms. The molecule has 1 aromatic carbocycles. The Morgan fingerprint density at radius 1 is 1.42 bits per heavy atom. The van der Waals surface area contributed by atoms with Gasteiger partial charge in [0.2, 0.25) is 0 Å². The quantitative estimate of drug-likeness (QED) is 0.750. The fourth-order valence-electron chi connectivity index (χ4n) is 1.82. The van der Waals surface area contributed by atoms with Crippen molar-refractivity contribution < 1.29 is 27.8 Å². The monoisotopic (exact) mass is 343 g/mol. The molecule has 0 aliphatic heterocycles. The van der Waals surface area contributed by atoms with Gasteiger partial charge in [0.25, 0.3) is 5.91 Å². The van der Waals surface area contributed by atoms with Crippen LogP contribution in [0.15, 0.2) is 30.3 Å². The van der Waals surface area contributed by atoms with Gasteiger partial charge in [0.05, 0.1) is 17.9 Å². The average Bonchev–Trinajstić information content (AvgIpc) is 3.01. The molecule has 6 nitrogen and oxygen atoms in total. The molecule has 0 fully saturated rings. The Morgan fingerprint density at radius 3 is 2.83 bits per heavy atom. The van der Waals surface area contributed by atoms with E-state index in [1.54, 1.807) is 6.92 Å². The van der Waals surface area contributed by atoms with Crippen LogP contribution in [0.25, 0.3) is 0 Å². The summed E-state index contributed by atoms with van der Waals surface area (Å²) < 4.78 is 43.1. The van der Waals surface area contributed by atoms with E-state index >= 15 is 0 Å². The number of nitrogens with one attached hydrogen (secondary N) is 2. The predicted molar refractivity (Wildman–Crippen MR) is 78.4 cm³/mol. The lowest BCUT2D eigenvalue weighted by atomic mass is 10.2. The number of aliphatic hydroxyl groups excluding tert-OH is 1.